The highest BCUT2D eigenvalue weighted by Crippen LogP contribution is 2.21. The van der Waals surface area contributed by atoms with E-state index in [2.05, 4.69) is 56.7 Å². The van der Waals surface area contributed by atoms with Crippen LogP contribution in [0.25, 0.3) is 11.3 Å². The van der Waals surface area contributed by atoms with Crippen molar-refractivity contribution < 1.29 is 0 Å². The number of benzene rings is 1. The Morgan fingerprint density at radius 3 is 2.54 bits per heavy atom. The molecule has 1 aromatic carbocycles. The Morgan fingerprint density at radius 1 is 0.962 bits per heavy atom. The SMILES string of the molecule is CN(C)CCNc1cc(-c2ccccc2)nc(NCc2cccnc2)n1. The minimum atomic E-state index is 0.600. The summed E-state index contributed by atoms with van der Waals surface area (Å²) in [6.07, 6.45) is 3.60. The Bertz CT molecular complexity index is 805. The number of likely N-dealkylation sites (N-methyl/N-ethyl adjacent to an activating group) is 1. The Morgan fingerprint density at radius 2 is 1.81 bits per heavy atom. The number of rotatable bonds is 8. The molecule has 0 saturated heterocycles. The molecule has 3 aromatic rings. The van der Waals surface area contributed by atoms with Crippen molar-refractivity contribution in [1.82, 2.24) is 19.9 Å². The van der Waals surface area contributed by atoms with Crippen LogP contribution in [-0.2, 0) is 6.54 Å². The summed E-state index contributed by atoms with van der Waals surface area (Å²) in [4.78, 5) is 15.5. The minimum Gasteiger partial charge on any atom is -0.369 e. The van der Waals surface area contributed by atoms with Crippen LogP contribution in [0.1, 0.15) is 5.56 Å². The molecule has 0 aliphatic rings. The number of nitrogens with zero attached hydrogens (tertiary/aromatic N) is 4. The summed E-state index contributed by atoms with van der Waals surface area (Å²) in [5.41, 5.74) is 3.04. The molecule has 6 nitrogen and oxygen atoms in total. The molecular weight excluding hydrogens is 324 g/mol. The van der Waals surface area contributed by atoms with Crippen molar-refractivity contribution in [2.75, 3.05) is 37.8 Å². The number of anilines is 2. The first kappa shape index (κ1) is 17.8. The third-order valence-electron chi connectivity index (χ3n) is 3.83. The largest absolute Gasteiger partial charge is 0.369 e. The van der Waals surface area contributed by atoms with Crippen LogP contribution >= 0.6 is 0 Å². The predicted molar refractivity (Wildman–Crippen MR) is 106 cm³/mol. The number of nitrogens with one attached hydrogen (secondary N) is 2. The highest BCUT2D eigenvalue weighted by atomic mass is 15.2. The van der Waals surface area contributed by atoms with Gasteiger partial charge < -0.3 is 15.5 Å². The van der Waals surface area contributed by atoms with E-state index < -0.39 is 0 Å². The second kappa shape index (κ2) is 8.92. The molecule has 0 radical (unpaired) electrons. The van der Waals surface area contributed by atoms with Gasteiger partial charge in [-0.1, -0.05) is 36.4 Å². The molecule has 0 unspecified atom stereocenters. The lowest BCUT2D eigenvalue weighted by molar-refractivity contribution is 0.425. The van der Waals surface area contributed by atoms with Gasteiger partial charge in [0, 0.05) is 43.7 Å². The van der Waals surface area contributed by atoms with Gasteiger partial charge in [0.15, 0.2) is 0 Å². The smallest absolute Gasteiger partial charge is 0.225 e. The van der Waals surface area contributed by atoms with Crippen molar-refractivity contribution in [3.8, 4) is 11.3 Å². The lowest BCUT2D eigenvalue weighted by Gasteiger charge is -2.13. The van der Waals surface area contributed by atoms with Gasteiger partial charge >= 0.3 is 0 Å². The highest BCUT2D eigenvalue weighted by Gasteiger charge is 2.07. The number of hydrogen-bond acceptors (Lipinski definition) is 6. The van der Waals surface area contributed by atoms with E-state index in [9.17, 15) is 0 Å². The summed E-state index contributed by atoms with van der Waals surface area (Å²) >= 11 is 0. The summed E-state index contributed by atoms with van der Waals surface area (Å²) in [6.45, 7) is 2.38. The zero-order chi connectivity index (χ0) is 18.2. The second-order valence-corrected chi connectivity index (χ2v) is 6.27. The van der Waals surface area contributed by atoms with Crippen LogP contribution in [0.5, 0.6) is 0 Å². The molecule has 0 atom stereocenters. The third-order valence-corrected chi connectivity index (χ3v) is 3.83. The second-order valence-electron chi connectivity index (χ2n) is 6.27. The Hall–Kier alpha value is -2.99. The van der Waals surface area contributed by atoms with Crippen molar-refractivity contribution in [3.05, 3.63) is 66.5 Å². The first-order valence-electron chi connectivity index (χ1n) is 8.66. The molecule has 0 amide bonds. The van der Waals surface area contributed by atoms with Crippen LogP contribution in [0.3, 0.4) is 0 Å². The molecule has 2 aromatic heterocycles. The van der Waals surface area contributed by atoms with Crippen molar-refractivity contribution in [1.29, 1.82) is 0 Å². The van der Waals surface area contributed by atoms with E-state index in [0.29, 0.717) is 12.5 Å². The van der Waals surface area contributed by atoms with E-state index in [1.165, 1.54) is 0 Å². The third kappa shape index (κ3) is 5.26. The van der Waals surface area contributed by atoms with E-state index >= 15 is 0 Å². The van der Waals surface area contributed by atoms with Gasteiger partial charge in [-0.3, -0.25) is 4.98 Å². The molecule has 0 aliphatic heterocycles. The fourth-order valence-corrected chi connectivity index (χ4v) is 2.47. The number of aromatic nitrogens is 3. The van der Waals surface area contributed by atoms with Gasteiger partial charge in [-0.2, -0.15) is 4.98 Å². The summed E-state index contributed by atoms with van der Waals surface area (Å²) in [6, 6.07) is 16.1. The zero-order valence-corrected chi connectivity index (χ0v) is 15.2. The van der Waals surface area contributed by atoms with E-state index in [4.69, 9.17) is 0 Å². The van der Waals surface area contributed by atoms with E-state index in [1.807, 2.05) is 42.6 Å². The maximum atomic E-state index is 4.67. The van der Waals surface area contributed by atoms with Crippen LogP contribution in [0.2, 0.25) is 0 Å². The Kier molecular flexibility index (Phi) is 6.11. The number of hydrogen-bond donors (Lipinski definition) is 2. The van der Waals surface area contributed by atoms with Crippen molar-refractivity contribution in [3.63, 3.8) is 0 Å². The normalized spacial score (nSPS) is 10.7. The average molecular weight is 348 g/mol. The molecule has 0 bridgehead atoms. The van der Waals surface area contributed by atoms with Gasteiger partial charge in [0.05, 0.1) is 5.69 Å². The lowest BCUT2D eigenvalue weighted by atomic mass is 10.1. The van der Waals surface area contributed by atoms with Crippen LogP contribution in [0, 0.1) is 0 Å². The van der Waals surface area contributed by atoms with E-state index in [0.717, 1.165) is 35.7 Å². The molecule has 0 saturated carbocycles. The maximum absolute atomic E-state index is 4.67. The van der Waals surface area contributed by atoms with Crippen molar-refractivity contribution >= 4 is 11.8 Å². The first-order valence-corrected chi connectivity index (χ1v) is 8.66. The van der Waals surface area contributed by atoms with Gasteiger partial charge in [-0.05, 0) is 25.7 Å². The molecule has 2 N–H and O–H groups in total. The van der Waals surface area contributed by atoms with Gasteiger partial charge in [0.25, 0.3) is 0 Å². The van der Waals surface area contributed by atoms with Gasteiger partial charge in [-0.15, -0.1) is 0 Å². The van der Waals surface area contributed by atoms with Crippen LogP contribution in [0.15, 0.2) is 60.9 Å². The van der Waals surface area contributed by atoms with Crippen LogP contribution in [0.4, 0.5) is 11.8 Å². The van der Waals surface area contributed by atoms with Crippen molar-refractivity contribution in [2.24, 2.45) is 0 Å². The molecule has 0 aliphatic carbocycles. The quantitative estimate of drug-likeness (QED) is 0.652. The first-order chi connectivity index (χ1) is 12.7. The standard InChI is InChI=1S/C20H24N6/c1-26(2)12-11-22-19-13-18(17-8-4-3-5-9-17)24-20(25-19)23-15-16-7-6-10-21-14-16/h3-10,13-14H,11-12,15H2,1-2H3,(H2,22,23,24,25). The molecule has 0 fully saturated rings. The minimum absolute atomic E-state index is 0.600. The predicted octanol–water partition coefficient (Wildman–Crippen LogP) is 3.12. The van der Waals surface area contributed by atoms with Gasteiger partial charge in [0.2, 0.25) is 5.95 Å². The van der Waals surface area contributed by atoms with E-state index in [1.54, 1.807) is 6.20 Å². The summed E-state index contributed by atoms with van der Waals surface area (Å²) < 4.78 is 0. The average Bonchev–Trinajstić information content (AvgIpc) is 2.67. The van der Waals surface area contributed by atoms with Crippen LogP contribution in [-0.4, -0.2) is 47.0 Å². The zero-order valence-electron chi connectivity index (χ0n) is 15.2. The van der Waals surface area contributed by atoms with Gasteiger partial charge in [0.1, 0.15) is 5.82 Å². The Balaban J connectivity index is 1.80. The molecule has 6 heteroatoms. The van der Waals surface area contributed by atoms with E-state index in [-0.39, 0.29) is 0 Å². The summed E-state index contributed by atoms with van der Waals surface area (Å²) in [5, 5.41) is 6.68. The Labute approximate surface area is 154 Å². The molecule has 2 heterocycles. The summed E-state index contributed by atoms with van der Waals surface area (Å²) in [5.74, 6) is 1.41. The molecule has 26 heavy (non-hydrogen) atoms. The fourth-order valence-electron chi connectivity index (χ4n) is 2.47. The molecular formula is C20H24N6. The van der Waals surface area contributed by atoms with Gasteiger partial charge in [-0.25, -0.2) is 4.98 Å². The fraction of sp³-hybridized carbons (Fsp3) is 0.250. The topological polar surface area (TPSA) is 66.0 Å². The molecule has 0 spiro atoms. The van der Waals surface area contributed by atoms with Crippen LogP contribution < -0.4 is 10.6 Å². The maximum Gasteiger partial charge on any atom is 0.225 e. The molecule has 134 valence electrons. The number of pyridine rings is 1. The molecule has 3 rings (SSSR count). The highest BCUT2D eigenvalue weighted by molar-refractivity contribution is 5.64. The summed E-state index contributed by atoms with van der Waals surface area (Å²) in [7, 11) is 4.11. The van der Waals surface area contributed by atoms with Crippen molar-refractivity contribution in [2.45, 2.75) is 6.54 Å². The monoisotopic (exact) mass is 348 g/mol. The lowest BCUT2D eigenvalue weighted by Crippen LogP contribution is -2.21.